The van der Waals surface area contributed by atoms with Crippen LogP contribution < -0.4 is 0 Å². The fourth-order valence-corrected chi connectivity index (χ4v) is 2.81. The van der Waals surface area contributed by atoms with E-state index >= 15 is 0 Å². The van der Waals surface area contributed by atoms with Gasteiger partial charge in [0.15, 0.2) is 0 Å². The van der Waals surface area contributed by atoms with E-state index in [2.05, 4.69) is 0 Å². The van der Waals surface area contributed by atoms with Crippen LogP contribution in [-0.4, -0.2) is 33.2 Å². The second-order valence-electron chi connectivity index (χ2n) is 5.39. The van der Waals surface area contributed by atoms with Crippen LogP contribution in [-0.2, 0) is 0 Å². The Morgan fingerprint density at radius 2 is 1.32 bits per heavy atom. The van der Waals surface area contributed by atoms with Crippen LogP contribution >= 0.6 is 0 Å². The van der Waals surface area contributed by atoms with Crippen LogP contribution in [0.4, 0.5) is 0 Å². The zero-order valence-electron chi connectivity index (χ0n) is 12.8. The molecular weight excluding hydrogens is 324 g/mol. The molecule has 0 bridgehead atoms. The molecule has 6 nitrogen and oxygen atoms in total. The SMILES string of the molecule is O=C(O)c1ccc(C(=O)O)c(-c2c(C(=O)O)ccc3ccccc23)c1. The highest BCUT2D eigenvalue weighted by Crippen LogP contribution is 2.35. The average Bonchev–Trinajstić information content (AvgIpc) is 2.59. The highest BCUT2D eigenvalue weighted by Gasteiger charge is 2.21. The number of aromatic carboxylic acids is 3. The third-order valence-corrected chi connectivity index (χ3v) is 3.93. The van der Waals surface area contributed by atoms with Crippen LogP contribution in [0.5, 0.6) is 0 Å². The zero-order valence-corrected chi connectivity index (χ0v) is 12.8. The van der Waals surface area contributed by atoms with Gasteiger partial charge in [-0.1, -0.05) is 30.3 Å². The van der Waals surface area contributed by atoms with Crippen LogP contribution in [0, 0.1) is 0 Å². The number of rotatable bonds is 4. The Kier molecular flexibility index (Phi) is 3.94. The summed E-state index contributed by atoms with van der Waals surface area (Å²) in [6.07, 6.45) is 0. The predicted molar refractivity (Wildman–Crippen MR) is 90.3 cm³/mol. The molecule has 25 heavy (non-hydrogen) atoms. The van der Waals surface area contributed by atoms with Crippen molar-refractivity contribution in [3.05, 3.63) is 71.3 Å². The molecule has 0 fully saturated rings. The lowest BCUT2D eigenvalue weighted by Crippen LogP contribution is -2.07. The quantitative estimate of drug-likeness (QED) is 0.671. The van der Waals surface area contributed by atoms with Gasteiger partial charge in [-0.3, -0.25) is 0 Å². The molecule has 0 unspecified atom stereocenters. The highest BCUT2D eigenvalue weighted by molar-refractivity contribution is 6.11. The van der Waals surface area contributed by atoms with E-state index in [9.17, 15) is 29.7 Å². The molecule has 124 valence electrons. The first-order valence-corrected chi connectivity index (χ1v) is 7.26. The maximum Gasteiger partial charge on any atom is 0.336 e. The van der Waals surface area contributed by atoms with Crippen molar-refractivity contribution in [2.24, 2.45) is 0 Å². The van der Waals surface area contributed by atoms with Crippen LogP contribution in [0.15, 0.2) is 54.6 Å². The number of carboxylic acids is 3. The molecule has 3 rings (SSSR count). The summed E-state index contributed by atoms with van der Waals surface area (Å²) < 4.78 is 0. The molecule has 0 aliphatic carbocycles. The molecule has 0 radical (unpaired) electrons. The van der Waals surface area contributed by atoms with Gasteiger partial charge in [-0.2, -0.15) is 0 Å². The van der Waals surface area contributed by atoms with Gasteiger partial charge in [0, 0.05) is 5.56 Å². The molecule has 6 heteroatoms. The first kappa shape index (κ1) is 16.2. The minimum Gasteiger partial charge on any atom is -0.478 e. The molecule has 0 aromatic heterocycles. The summed E-state index contributed by atoms with van der Waals surface area (Å²) in [6, 6.07) is 13.5. The lowest BCUT2D eigenvalue weighted by atomic mass is 9.89. The maximum absolute atomic E-state index is 11.7. The van der Waals surface area contributed by atoms with Crippen molar-refractivity contribution in [3.8, 4) is 11.1 Å². The zero-order chi connectivity index (χ0) is 18.1. The number of carboxylic acid groups (broad SMARTS) is 3. The largest absolute Gasteiger partial charge is 0.478 e. The van der Waals surface area contributed by atoms with E-state index in [4.69, 9.17) is 0 Å². The molecule has 0 saturated heterocycles. The van der Waals surface area contributed by atoms with Crippen molar-refractivity contribution >= 4 is 28.7 Å². The summed E-state index contributed by atoms with van der Waals surface area (Å²) in [5, 5.41) is 29.5. The van der Waals surface area contributed by atoms with Crippen LogP contribution in [0.3, 0.4) is 0 Å². The van der Waals surface area contributed by atoms with Gasteiger partial charge in [0.25, 0.3) is 0 Å². The second kappa shape index (κ2) is 6.09. The number of hydrogen-bond donors (Lipinski definition) is 3. The molecule has 0 atom stereocenters. The Balaban J connectivity index is 2.48. The van der Waals surface area contributed by atoms with Crippen molar-refractivity contribution in [1.29, 1.82) is 0 Å². The van der Waals surface area contributed by atoms with Gasteiger partial charge < -0.3 is 15.3 Å². The van der Waals surface area contributed by atoms with Gasteiger partial charge in [-0.05, 0) is 40.6 Å². The predicted octanol–water partition coefficient (Wildman–Crippen LogP) is 3.60. The smallest absolute Gasteiger partial charge is 0.336 e. The van der Waals surface area contributed by atoms with Crippen LogP contribution in [0.25, 0.3) is 21.9 Å². The third kappa shape index (κ3) is 2.81. The topological polar surface area (TPSA) is 112 Å². The Morgan fingerprint density at radius 1 is 0.680 bits per heavy atom. The Labute approximate surface area is 141 Å². The number of benzene rings is 3. The first-order valence-electron chi connectivity index (χ1n) is 7.26. The minimum atomic E-state index is -1.27. The Morgan fingerprint density at radius 3 is 1.96 bits per heavy atom. The van der Waals surface area contributed by atoms with Crippen molar-refractivity contribution in [3.63, 3.8) is 0 Å². The van der Waals surface area contributed by atoms with E-state index in [-0.39, 0.29) is 27.8 Å². The molecule has 3 aromatic rings. The summed E-state index contributed by atoms with van der Waals surface area (Å²) in [4.78, 5) is 34.6. The van der Waals surface area contributed by atoms with Gasteiger partial charge in [0.05, 0.1) is 16.7 Å². The Bertz CT molecular complexity index is 1040. The van der Waals surface area contributed by atoms with Crippen molar-refractivity contribution in [2.45, 2.75) is 0 Å². The number of hydrogen-bond acceptors (Lipinski definition) is 3. The molecule has 0 spiro atoms. The minimum absolute atomic E-state index is 0.0570. The highest BCUT2D eigenvalue weighted by atomic mass is 16.4. The molecular formula is C19H12O6. The standard InChI is InChI=1S/C19H12O6/c20-17(21)11-6-7-13(18(22)23)15(9-11)16-12-4-2-1-3-10(12)5-8-14(16)19(24)25/h1-9H,(H,20,21)(H,22,23)(H,24,25). The second-order valence-corrected chi connectivity index (χ2v) is 5.39. The van der Waals surface area contributed by atoms with E-state index in [1.165, 1.54) is 24.3 Å². The molecule has 0 saturated carbocycles. The van der Waals surface area contributed by atoms with Crippen LogP contribution in [0.1, 0.15) is 31.1 Å². The van der Waals surface area contributed by atoms with E-state index in [0.29, 0.717) is 5.39 Å². The van der Waals surface area contributed by atoms with Crippen LogP contribution in [0.2, 0.25) is 0 Å². The van der Waals surface area contributed by atoms with Gasteiger partial charge in [0.2, 0.25) is 0 Å². The van der Waals surface area contributed by atoms with Crippen molar-refractivity contribution < 1.29 is 29.7 Å². The summed E-state index contributed by atoms with van der Waals surface area (Å²) >= 11 is 0. The summed E-state index contributed by atoms with van der Waals surface area (Å²) in [5.41, 5.74) is -0.135. The van der Waals surface area contributed by atoms with E-state index in [1.54, 1.807) is 30.3 Å². The van der Waals surface area contributed by atoms with Crippen molar-refractivity contribution in [2.75, 3.05) is 0 Å². The molecule has 3 N–H and O–H groups in total. The molecule has 0 aliphatic rings. The van der Waals surface area contributed by atoms with Crippen molar-refractivity contribution in [1.82, 2.24) is 0 Å². The summed E-state index contributed by atoms with van der Waals surface area (Å²) in [5.74, 6) is -3.72. The lowest BCUT2D eigenvalue weighted by molar-refractivity contribution is 0.0681. The molecule has 0 aliphatic heterocycles. The van der Waals surface area contributed by atoms with E-state index < -0.39 is 17.9 Å². The molecule has 0 heterocycles. The normalized spacial score (nSPS) is 10.6. The molecule has 0 amide bonds. The molecule has 3 aromatic carbocycles. The summed E-state index contributed by atoms with van der Waals surface area (Å²) in [6.45, 7) is 0. The van der Waals surface area contributed by atoms with Gasteiger partial charge in [-0.25, -0.2) is 14.4 Å². The first-order chi connectivity index (χ1) is 11.9. The van der Waals surface area contributed by atoms with Gasteiger partial charge in [-0.15, -0.1) is 0 Å². The monoisotopic (exact) mass is 336 g/mol. The lowest BCUT2D eigenvalue weighted by Gasteiger charge is -2.14. The number of carbonyl (C=O) groups is 3. The van der Waals surface area contributed by atoms with E-state index in [0.717, 1.165) is 5.39 Å². The van der Waals surface area contributed by atoms with Gasteiger partial charge >= 0.3 is 17.9 Å². The number of fused-ring (bicyclic) bond motifs is 1. The van der Waals surface area contributed by atoms with Gasteiger partial charge in [0.1, 0.15) is 0 Å². The fraction of sp³-hybridized carbons (Fsp3) is 0. The maximum atomic E-state index is 11.7. The fourth-order valence-electron chi connectivity index (χ4n) is 2.81. The Hall–Kier alpha value is -3.67. The third-order valence-electron chi connectivity index (χ3n) is 3.93. The van der Waals surface area contributed by atoms with E-state index in [1.807, 2.05) is 0 Å². The average molecular weight is 336 g/mol. The summed E-state index contributed by atoms with van der Waals surface area (Å²) in [7, 11) is 0.